The Kier molecular flexibility index (Phi) is 7.48. The minimum atomic E-state index is -0.321. The average molecular weight is 634 g/mol. The van der Waals surface area contributed by atoms with Gasteiger partial charge in [0.25, 0.3) is 5.56 Å². The van der Waals surface area contributed by atoms with Crippen LogP contribution in [0.15, 0.2) is 74.4 Å². The molecular formula is C32H29BrN2O5S. The third-order valence-electron chi connectivity index (χ3n) is 7.43. The van der Waals surface area contributed by atoms with Gasteiger partial charge >= 0.3 is 0 Å². The van der Waals surface area contributed by atoms with E-state index in [0.29, 0.717) is 38.9 Å². The Hall–Kier alpha value is -3.82. The number of rotatable bonds is 7. The molecule has 7 nitrogen and oxygen atoms in total. The molecule has 0 unspecified atom stereocenters. The summed E-state index contributed by atoms with van der Waals surface area (Å²) in [6, 6.07) is 17.7. The molecule has 9 heteroatoms. The lowest BCUT2D eigenvalue weighted by Gasteiger charge is -2.31. The molecule has 0 bridgehead atoms. The first kappa shape index (κ1) is 27.4. The Labute approximate surface area is 250 Å². The minimum absolute atomic E-state index is 0.0945. The maximum absolute atomic E-state index is 14.1. The summed E-state index contributed by atoms with van der Waals surface area (Å²) in [5.41, 5.74) is 6.14. The van der Waals surface area contributed by atoms with E-state index in [1.54, 1.807) is 21.3 Å². The topological polar surface area (TPSA) is 71.3 Å². The zero-order valence-electron chi connectivity index (χ0n) is 23.2. The fraction of sp³-hybridized carbons (Fsp3) is 0.250. The largest absolute Gasteiger partial charge is 0.493 e. The van der Waals surface area contributed by atoms with E-state index in [4.69, 9.17) is 23.9 Å². The van der Waals surface area contributed by atoms with Gasteiger partial charge in [0.15, 0.2) is 27.8 Å². The summed E-state index contributed by atoms with van der Waals surface area (Å²) in [6.45, 7) is 2.43. The number of allylic oxidation sites excluding steroid dienone is 1. The van der Waals surface area contributed by atoms with Gasteiger partial charge in [0.05, 0.1) is 48.7 Å². The molecule has 6 rings (SSSR count). The van der Waals surface area contributed by atoms with E-state index in [0.717, 1.165) is 45.3 Å². The van der Waals surface area contributed by atoms with Crippen molar-refractivity contribution in [2.75, 3.05) is 27.9 Å². The summed E-state index contributed by atoms with van der Waals surface area (Å²) in [5, 5.41) is 0. The maximum atomic E-state index is 14.1. The van der Waals surface area contributed by atoms with Crippen LogP contribution in [0, 0.1) is 0 Å². The Morgan fingerprint density at radius 1 is 1.00 bits per heavy atom. The first-order valence-electron chi connectivity index (χ1n) is 13.3. The van der Waals surface area contributed by atoms with Crippen LogP contribution in [0.4, 0.5) is 0 Å². The monoisotopic (exact) mass is 632 g/mol. The molecule has 0 fully saturated rings. The number of benzene rings is 3. The minimum Gasteiger partial charge on any atom is -0.493 e. The number of fused-ring (bicyclic) bond motifs is 3. The molecule has 4 aromatic rings. The van der Waals surface area contributed by atoms with E-state index >= 15 is 0 Å². The van der Waals surface area contributed by atoms with Crippen molar-refractivity contribution in [2.24, 2.45) is 4.99 Å². The summed E-state index contributed by atoms with van der Waals surface area (Å²) >= 11 is 4.99. The molecule has 41 heavy (non-hydrogen) atoms. The van der Waals surface area contributed by atoms with Crippen LogP contribution in [0.5, 0.6) is 23.0 Å². The van der Waals surface area contributed by atoms with Crippen molar-refractivity contribution in [2.45, 2.75) is 25.8 Å². The maximum Gasteiger partial charge on any atom is 0.271 e. The van der Waals surface area contributed by atoms with Crippen molar-refractivity contribution in [1.82, 2.24) is 4.57 Å². The molecule has 3 aromatic carbocycles. The number of hydrogen-bond donors (Lipinski definition) is 0. The van der Waals surface area contributed by atoms with Gasteiger partial charge in [-0.05, 0) is 88.3 Å². The quantitative estimate of drug-likeness (QED) is 0.269. The number of methoxy groups -OCH3 is 3. The van der Waals surface area contributed by atoms with Crippen LogP contribution < -0.4 is 33.8 Å². The summed E-state index contributed by atoms with van der Waals surface area (Å²) < 4.78 is 25.6. The smallest absolute Gasteiger partial charge is 0.271 e. The molecule has 1 aliphatic carbocycles. The third-order valence-corrected chi connectivity index (χ3v) is 9.01. The highest BCUT2D eigenvalue weighted by atomic mass is 79.9. The number of ether oxygens (including phenoxy) is 4. The number of hydrogen-bond acceptors (Lipinski definition) is 7. The Morgan fingerprint density at radius 2 is 1.78 bits per heavy atom. The number of nitrogens with zero attached hydrogens (tertiary/aromatic N) is 2. The zero-order chi connectivity index (χ0) is 28.7. The summed E-state index contributed by atoms with van der Waals surface area (Å²) in [7, 11) is 4.85. The van der Waals surface area contributed by atoms with Gasteiger partial charge in [-0.3, -0.25) is 9.36 Å². The van der Waals surface area contributed by atoms with Crippen molar-refractivity contribution in [3.8, 4) is 23.0 Å². The van der Waals surface area contributed by atoms with Gasteiger partial charge in [0.2, 0.25) is 0 Å². The zero-order valence-corrected chi connectivity index (χ0v) is 25.6. The molecule has 0 amide bonds. The molecule has 2 heterocycles. The Bertz CT molecular complexity index is 1870. The van der Waals surface area contributed by atoms with Gasteiger partial charge in [0, 0.05) is 5.56 Å². The van der Waals surface area contributed by atoms with Gasteiger partial charge in [-0.15, -0.1) is 0 Å². The van der Waals surface area contributed by atoms with Gasteiger partial charge < -0.3 is 18.9 Å². The molecule has 2 aliphatic rings. The first-order valence-corrected chi connectivity index (χ1v) is 14.9. The molecule has 210 valence electrons. The predicted molar refractivity (Wildman–Crippen MR) is 164 cm³/mol. The molecule has 0 saturated carbocycles. The average Bonchev–Trinajstić information content (AvgIpc) is 3.30. The van der Waals surface area contributed by atoms with Crippen LogP contribution in [0.3, 0.4) is 0 Å². The van der Waals surface area contributed by atoms with Gasteiger partial charge in [-0.1, -0.05) is 41.7 Å². The van der Waals surface area contributed by atoms with E-state index in [-0.39, 0.29) is 11.6 Å². The van der Waals surface area contributed by atoms with Crippen molar-refractivity contribution in [1.29, 1.82) is 0 Å². The summed E-state index contributed by atoms with van der Waals surface area (Å²) in [4.78, 5) is 19.9. The van der Waals surface area contributed by atoms with Crippen LogP contribution in [0.1, 0.15) is 41.6 Å². The first-order chi connectivity index (χ1) is 20.0. The molecule has 1 atom stereocenters. The van der Waals surface area contributed by atoms with Gasteiger partial charge in [-0.2, -0.15) is 0 Å². The Morgan fingerprint density at radius 3 is 2.54 bits per heavy atom. The fourth-order valence-corrected chi connectivity index (χ4v) is 7.18. The molecule has 1 aromatic heterocycles. The third kappa shape index (κ3) is 4.77. The highest BCUT2D eigenvalue weighted by Crippen LogP contribution is 2.43. The highest BCUT2D eigenvalue weighted by molar-refractivity contribution is 9.10. The van der Waals surface area contributed by atoms with E-state index in [2.05, 4.69) is 34.1 Å². The number of thiazole rings is 1. The number of halogens is 1. The Balaban J connectivity index is 1.58. The van der Waals surface area contributed by atoms with Crippen LogP contribution >= 0.6 is 27.3 Å². The second kappa shape index (κ2) is 11.2. The molecule has 0 spiro atoms. The number of aryl methyl sites for hydroxylation is 1. The number of aromatic nitrogens is 1. The van der Waals surface area contributed by atoms with Crippen LogP contribution in [0.2, 0.25) is 0 Å². The summed E-state index contributed by atoms with van der Waals surface area (Å²) in [5.74, 6) is 2.49. The van der Waals surface area contributed by atoms with E-state index in [1.165, 1.54) is 16.9 Å². The second-order valence-electron chi connectivity index (χ2n) is 9.70. The lowest BCUT2D eigenvalue weighted by atomic mass is 9.83. The van der Waals surface area contributed by atoms with Crippen LogP contribution in [0.25, 0.3) is 11.8 Å². The second-order valence-corrected chi connectivity index (χ2v) is 11.6. The van der Waals surface area contributed by atoms with Crippen molar-refractivity contribution >= 4 is 39.0 Å². The SMILES string of the molecule is CCOc1c(Br)cc(/C=c2\sc3n(c2=O)[C@H](c2ccc(OC)c(OC)c2)C2=C(N=3)c3ccccc3CC2)cc1OC. The van der Waals surface area contributed by atoms with E-state index in [9.17, 15) is 4.79 Å². The molecule has 0 radical (unpaired) electrons. The van der Waals surface area contributed by atoms with Crippen LogP contribution in [-0.4, -0.2) is 32.5 Å². The lowest BCUT2D eigenvalue weighted by molar-refractivity contribution is 0.309. The van der Waals surface area contributed by atoms with Crippen molar-refractivity contribution in [3.63, 3.8) is 0 Å². The normalized spacial score (nSPS) is 15.9. The van der Waals surface area contributed by atoms with E-state index in [1.807, 2.05) is 54.0 Å². The lowest BCUT2D eigenvalue weighted by Crippen LogP contribution is -2.38. The molecule has 1 aliphatic heterocycles. The van der Waals surface area contributed by atoms with Gasteiger partial charge in [-0.25, -0.2) is 4.99 Å². The van der Waals surface area contributed by atoms with E-state index < -0.39 is 0 Å². The molecular weight excluding hydrogens is 604 g/mol. The fourth-order valence-electron chi connectivity index (χ4n) is 5.60. The highest BCUT2D eigenvalue weighted by Gasteiger charge is 2.33. The standard InChI is InChI=1S/C32H29BrN2O5S/c1-5-40-30-23(33)14-18(15-26(30)39-4)16-27-31(36)35-29(20-11-13-24(37-2)25(17-20)38-3)22-12-10-19-8-6-7-9-21(19)28(22)34-32(35)41-27/h6-9,11,13-17,29H,5,10,12H2,1-4H3/b27-16-/t29-/m1/s1. The van der Waals surface area contributed by atoms with Crippen molar-refractivity contribution < 1.29 is 18.9 Å². The van der Waals surface area contributed by atoms with Gasteiger partial charge in [0.1, 0.15) is 0 Å². The predicted octanol–water partition coefficient (Wildman–Crippen LogP) is 5.51. The molecule has 0 N–H and O–H groups in total. The van der Waals surface area contributed by atoms with Crippen molar-refractivity contribution in [3.05, 3.63) is 107 Å². The summed E-state index contributed by atoms with van der Waals surface area (Å²) in [6.07, 6.45) is 3.58. The van der Waals surface area contributed by atoms with Crippen LogP contribution in [-0.2, 0) is 6.42 Å². The molecule has 0 saturated heterocycles.